The van der Waals surface area contributed by atoms with Crippen molar-refractivity contribution in [1.82, 2.24) is 5.32 Å². The molecule has 0 radical (unpaired) electrons. The molecule has 3 rings (SSSR count). The molecule has 118 valence electrons. The van der Waals surface area contributed by atoms with Gasteiger partial charge in [0, 0.05) is 19.0 Å². The minimum Gasteiger partial charge on any atom is -0.493 e. The van der Waals surface area contributed by atoms with Gasteiger partial charge in [-0.1, -0.05) is 18.2 Å². The van der Waals surface area contributed by atoms with E-state index < -0.39 is 0 Å². The van der Waals surface area contributed by atoms with E-state index in [1.165, 1.54) is 23.8 Å². The molecular formula is C19H18FNO2. The van der Waals surface area contributed by atoms with Gasteiger partial charge in [0.25, 0.3) is 0 Å². The van der Waals surface area contributed by atoms with E-state index in [0.29, 0.717) is 13.0 Å². The van der Waals surface area contributed by atoms with Crippen molar-refractivity contribution in [1.29, 1.82) is 0 Å². The van der Waals surface area contributed by atoms with Gasteiger partial charge in [-0.05, 0) is 53.5 Å². The fourth-order valence-electron chi connectivity index (χ4n) is 2.52. The van der Waals surface area contributed by atoms with Crippen LogP contribution in [0.15, 0.2) is 48.5 Å². The lowest BCUT2D eigenvalue weighted by molar-refractivity contribution is -0.116. The highest BCUT2D eigenvalue weighted by molar-refractivity contribution is 5.91. The lowest BCUT2D eigenvalue weighted by Crippen LogP contribution is -2.23. The third kappa shape index (κ3) is 4.19. The Kier molecular flexibility index (Phi) is 4.71. The Morgan fingerprint density at radius 3 is 2.87 bits per heavy atom. The Bertz CT molecular complexity index is 723. The maximum atomic E-state index is 12.8. The number of halogens is 1. The van der Waals surface area contributed by atoms with Crippen molar-refractivity contribution in [3.8, 4) is 5.75 Å². The van der Waals surface area contributed by atoms with E-state index in [2.05, 4.69) is 5.32 Å². The Balaban J connectivity index is 1.48. The van der Waals surface area contributed by atoms with Crippen LogP contribution in [0.3, 0.4) is 0 Å². The van der Waals surface area contributed by atoms with Crippen molar-refractivity contribution < 1.29 is 13.9 Å². The summed E-state index contributed by atoms with van der Waals surface area (Å²) in [7, 11) is 0. The number of fused-ring (bicyclic) bond motifs is 1. The van der Waals surface area contributed by atoms with Crippen LogP contribution >= 0.6 is 0 Å². The van der Waals surface area contributed by atoms with Gasteiger partial charge in [-0.25, -0.2) is 4.39 Å². The van der Waals surface area contributed by atoms with Crippen LogP contribution in [0, 0.1) is 5.82 Å². The van der Waals surface area contributed by atoms with Gasteiger partial charge in [-0.3, -0.25) is 4.79 Å². The van der Waals surface area contributed by atoms with Crippen LogP contribution in [-0.4, -0.2) is 19.1 Å². The Morgan fingerprint density at radius 2 is 2.04 bits per heavy atom. The number of ether oxygens (including phenoxy) is 1. The van der Waals surface area contributed by atoms with E-state index in [4.69, 9.17) is 4.74 Å². The smallest absolute Gasteiger partial charge is 0.244 e. The van der Waals surface area contributed by atoms with Crippen LogP contribution < -0.4 is 10.1 Å². The zero-order valence-electron chi connectivity index (χ0n) is 12.7. The van der Waals surface area contributed by atoms with Crippen LogP contribution in [0.5, 0.6) is 5.75 Å². The predicted octanol–water partition coefficient (Wildman–Crippen LogP) is 3.13. The highest BCUT2D eigenvalue weighted by Gasteiger charge is 2.11. The molecule has 2 aromatic rings. The summed E-state index contributed by atoms with van der Waals surface area (Å²) in [5.41, 5.74) is 3.17. The second kappa shape index (κ2) is 7.09. The summed E-state index contributed by atoms with van der Waals surface area (Å²) in [5, 5.41) is 2.82. The first-order valence-corrected chi connectivity index (χ1v) is 7.67. The molecule has 1 amide bonds. The SMILES string of the molecule is O=C(/C=C/c1ccc2c(c1)CCO2)NCCc1ccc(F)cc1. The number of nitrogens with one attached hydrogen (secondary N) is 1. The monoisotopic (exact) mass is 311 g/mol. The molecule has 0 atom stereocenters. The molecule has 1 aliphatic rings. The van der Waals surface area contributed by atoms with Crippen molar-refractivity contribution in [3.05, 3.63) is 71.0 Å². The number of amides is 1. The molecular weight excluding hydrogens is 293 g/mol. The molecule has 0 saturated heterocycles. The first kappa shape index (κ1) is 15.3. The largest absolute Gasteiger partial charge is 0.493 e. The van der Waals surface area contributed by atoms with E-state index >= 15 is 0 Å². The molecule has 0 aliphatic carbocycles. The first-order chi connectivity index (χ1) is 11.2. The summed E-state index contributed by atoms with van der Waals surface area (Å²) < 4.78 is 18.2. The van der Waals surface area contributed by atoms with E-state index in [1.807, 2.05) is 18.2 Å². The van der Waals surface area contributed by atoms with E-state index in [9.17, 15) is 9.18 Å². The number of carbonyl (C=O) groups excluding carboxylic acids is 1. The van der Waals surface area contributed by atoms with Gasteiger partial charge >= 0.3 is 0 Å². The molecule has 4 heteroatoms. The van der Waals surface area contributed by atoms with Gasteiger partial charge in [0.15, 0.2) is 0 Å². The minimum atomic E-state index is -0.250. The fourth-order valence-corrected chi connectivity index (χ4v) is 2.52. The molecule has 3 nitrogen and oxygen atoms in total. The summed E-state index contributed by atoms with van der Waals surface area (Å²) in [6, 6.07) is 12.2. The van der Waals surface area contributed by atoms with E-state index in [0.717, 1.165) is 29.9 Å². The highest BCUT2D eigenvalue weighted by Crippen LogP contribution is 2.26. The molecule has 1 heterocycles. The quantitative estimate of drug-likeness (QED) is 0.862. The van der Waals surface area contributed by atoms with Crippen LogP contribution in [0.1, 0.15) is 16.7 Å². The van der Waals surface area contributed by atoms with E-state index in [1.54, 1.807) is 18.2 Å². The van der Waals surface area contributed by atoms with Gasteiger partial charge in [-0.2, -0.15) is 0 Å². The lowest BCUT2D eigenvalue weighted by Gasteiger charge is -2.03. The Labute approximate surface area is 134 Å². The normalized spacial score (nSPS) is 12.9. The molecule has 0 unspecified atom stereocenters. The van der Waals surface area contributed by atoms with Crippen molar-refractivity contribution >= 4 is 12.0 Å². The first-order valence-electron chi connectivity index (χ1n) is 7.67. The summed E-state index contributed by atoms with van der Waals surface area (Å²) in [6.07, 6.45) is 4.92. The van der Waals surface area contributed by atoms with Gasteiger partial charge in [0.05, 0.1) is 6.61 Å². The summed E-state index contributed by atoms with van der Waals surface area (Å²) in [4.78, 5) is 11.8. The molecule has 0 spiro atoms. The van der Waals surface area contributed by atoms with Gasteiger partial charge in [0.1, 0.15) is 11.6 Å². The number of benzene rings is 2. The Hall–Kier alpha value is -2.62. The molecule has 0 bridgehead atoms. The van der Waals surface area contributed by atoms with Gasteiger partial charge in [-0.15, -0.1) is 0 Å². The fraction of sp³-hybridized carbons (Fsp3) is 0.211. The lowest BCUT2D eigenvalue weighted by atomic mass is 10.1. The van der Waals surface area contributed by atoms with Gasteiger partial charge < -0.3 is 10.1 Å². The standard InChI is InChI=1S/C19H18FNO2/c20-17-5-1-14(2-6-17)9-11-21-19(22)8-4-15-3-7-18-16(13-15)10-12-23-18/h1-8,13H,9-12H2,(H,21,22)/b8-4+. The highest BCUT2D eigenvalue weighted by atomic mass is 19.1. The van der Waals surface area contributed by atoms with Crippen molar-refractivity contribution in [2.24, 2.45) is 0 Å². The van der Waals surface area contributed by atoms with Crippen molar-refractivity contribution in [2.75, 3.05) is 13.2 Å². The van der Waals surface area contributed by atoms with Crippen LogP contribution in [-0.2, 0) is 17.6 Å². The van der Waals surface area contributed by atoms with Gasteiger partial charge in [0.2, 0.25) is 5.91 Å². The number of carbonyl (C=O) groups is 1. The van der Waals surface area contributed by atoms with Crippen molar-refractivity contribution in [3.63, 3.8) is 0 Å². The second-order valence-electron chi connectivity index (χ2n) is 5.47. The molecule has 0 aromatic heterocycles. The molecule has 1 aliphatic heterocycles. The third-order valence-electron chi connectivity index (χ3n) is 3.77. The van der Waals surface area contributed by atoms with Crippen LogP contribution in [0.25, 0.3) is 6.08 Å². The topological polar surface area (TPSA) is 38.3 Å². The zero-order chi connectivity index (χ0) is 16.1. The zero-order valence-corrected chi connectivity index (χ0v) is 12.7. The maximum Gasteiger partial charge on any atom is 0.244 e. The molecule has 1 N–H and O–H groups in total. The summed E-state index contributed by atoms with van der Waals surface area (Å²) >= 11 is 0. The third-order valence-corrected chi connectivity index (χ3v) is 3.77. The molecule has 23 heavy (non-hydrogen) atoms. The van der Waals surface area contributed by atoms with Crippen molar-refractivity contribution in [2.45, 2.75) is 12.8 Å². The number of rotatable bonds is 5. The average molecular weight is 311 g/mol. The Morgan fingerprint density at radius 1 is 1.22 bits per heavy atom. The second-order valence-corrected chi connectivity index (χ2v) is 5.47. The minimum absolute atomic E-state index is 0.135. The van der Waals surface area contributed by atoms with Crippen LogP contribution in [0.2, 0.25) is 0 Å². The van der Waals surface area contributed by atoms with E-state index in [-0.39, 0.29) is 11.7 Å². The molecule has 0 saturated carbocycles. The molecule has 2 aromatic carbocycles. The summed E-state index contributed by atoms with van der Waals surface area (Å²) in [5.74, 6) is 0.551. The number of hydrogen-bond acceptors (Lipinski definition) is 2. The predicted molar refractivity (Wildman–Crippen MR) is 87.8 cm³/mol. The summed E-state index contributed by atoms with van der Waals surface area (Å²) in [6.45, 7) is 1.25. The number of hydrogen-bond donors (Lipinski definition) is 1. The molecule has 0 fully saturated rings. The maximum absolute atomic E-state index is 12.8. The van der Waals surface area contributed by atoms with Crippen LogP contribution in [0.4, 0.5) is 4.39 Å². The average Bonchev–Trinajstić information content (AvgIpc) is 3.02.